The van der Waals surface area contributed by atoms with Crippen molar-refractivity contribution in [3.05, 3.63) is 52.4 Å². The number of fused-ring (bicyclic) bond motifs is 1. The number of anilines is 1. The maximum Gasteiger partial charge on any atom is 0.266 e. The topological polar surface area (TPSA) is 68.3 Å². The molecule has 0 aliphatic carbocycles. The van der Waals surface area contributed by atoms with Gasteiger partial charge in [-0.05, 0) is 48.2 Å². The number of ether oxygens (including phenoxy) is 3. The highest BCUT2D eigenvalue weighted by Crippen LogP contribution is 2.40. The molecule has 0 spiro atoms. The second kappa shape index (κ2) is 9.84. The first-order valence-electron chi connectivity index (χ1n) is 10.4. The Bertz CT molecular complexity index is 1120. The van der Waals surface area contributed by atoms with Crippen molar-refractivity contribution in [2.45, 2.75) is 12.8 Å². The van der Waals surface area contributed by atoms with Gasteiger partial charge in [0.1, 0.15) is 10.9 Å². The zero-order valence-electron chi connectivity index (χ0n) is 18.6. The molecule has 2 aromatic carbocycles. The van der Waals surface area contributed by atoms with E-state index >= 15 is 0 Å². The quantitative estimate of drug-likeness (QED) is 0.455. The smallest absolute Gasteiger partial charge is 0.266 e. The molecule has 2 heterocycles. The Labute approximate surface area is 202 Å². The van der Waals surface area contributed by atoms with Crippen molar-refractivity contribution in [3.63, 3.8) is 0 Å². The average Bonchev–Trinajstić information content (AvgIpc) is 3.10. The van der Waals surface area contributed by atoms with Crippen LogP contribution in [0.3, 0.4) is 0 Å². The van der Waals surface area contributed by atoms with Gasteiger partial charge in [0.2, 0.25) is 11.7 Å². The first-order valence-corrected chi connectivity index (χ1v) is 11.6. The summed E-state index contributed by atoms with van der Waals surface area (Å²) in [6.45, 7) is 0.539. The number of thiocarbonyl (C=S) groups is 1. The number of para-hydroxylation sites is 1. The summed E-state index contributed by atoms with van der Waals surface area (Å²) in [4.78, 5) is 29.8. The van der Waals surface area contributed by atoms with E-state index in [0.29, 0.717) is 38.6 Å². The van der Waals surface area contributed by atoms with Crippen molar-refractivity contribution in [1.29, 1.82) is 0 Å². The number of benzene rings is 2. The van der Waals surface area contributed by atoms with Gasteiger partial charge in [0.05, 0.1) is 26.2 Å². The second-order valence-corrected chi connectivity index (χ2v) is 9.18. The van der Waals surface area contributed by atoms with Crippen LogP contribution in [0.2, 0.25) is 0 Å². The highest BCUT2D eigenvalue weighted by molar-refractivity contribution is 8.26. The number of hydrogen-bond acceptors (Lipinski definition) is 7. The third-order valence-corrected chi connectivity index (χ3v) is 6.94. The molecule has 1 saturated heterocycles. The van der Waals surface area contributed by atoms with Crippen LogP contribution >= 0.6 is 24.0 Å². The Morgan fingerprint density at radius 2 is 1.82 bits per heavy atom. The van der Waals surface area contributed by atoms with E-state index in [4.69, 9.17) is 26.4 Å². The van der Waals surface area contributed by atoms with E-state index in [2.05, 4.69) is 0 Å². The number of amides is 2. The minimum atomic E-state index is -0.294. The minimum absolute atomic E-state index is 0.0917. The maximum absolute atomic E-state index is 13.1. The van der Waals surface area contributed by atoms with Crippen LogP contribution in [0.25, 0.3) is 6.08 Å². The number of methoxy groups -OCH3 is 3. The Kier molecular flexibility index (Phi) is 6.90. The lowest BCUT2D eigenvalue weighted by atomic mass is 10.0. The summed E-state index contributed by atoms with van der Waals surface area (Å²) < 4.78 is 16.5. The number of nitrogens with zero attached hydrogens (tertiary/aromatic N) is 2. The molecule has 0 saturated carbocycles. The van der Waals surface area contributed by atoms with E-state index in [0.717, 1.165) is 24.1 Å². The molecule has 1 fully saturated rings. The third-order valence-electron chi connectivity index (χ3n) is 5.56. The molecule has 172 valence electrons. The summed E-state index contributed by atoms with van der Waals surface area (Å²) in [5, 5.41) is 0. The van der Waals surface area contributed by atoms with Gasteiger partial charge in [0, 0.05) is 12.2 Å². The van der Waals surface area contributed by atoms with E-state index in [9.17, 15) is 9.59 Å². The monoisotopic (exact) mass is 484 g/mol. The van der Waals surface area contributed by atoms with E-state index in [1.54, 1.807) is 23.1 Å². The second-order valence-electron chi connectivity index (χ2n) is 7.50. The summed E-state index contributed by atoms with van der Waals surface area (Å²) in [7, 11) is 4.60. The highest BCUT2D eigenvalue weighted by Gasteiger charge is 2.35. The van der Waals surface area contributed by atoms with Crippen LogP contribution in [0.15, 0.2) is 41.3 Å². The molecule has 0 radical (unpaired) electrons. The molecule has 2 amide bonds. The number of carbonyl (C=O) groups excluding carboxylic acids is 2. The Balaban J connectivity index is 1.55. The number of thioether (sulfide) groups is 1. The fourth-order valence-electron chi connectivity index (χ4n) is 3.99. The molecule has 0 unspecified atom stereocenters. The Morgan fingerprint density at radius 1 is 1.12 bits per heavy atom. The van der Waals surface area contributed by atoms with Crippen LogP contribution in [0, 0.1) is 0 Å². The molecule has 2 aromatic rings. The van der Waals surface area contributed by atoms with Gasteiger partial charge in [-0.2, -0.15) is 0 Å². The zero-order chi connectivity index (χ0) is 23.5. The highest BCUT2D eigenvalue weighted by atomic mass is 32.2. The van der Waals surface area contributed by atoms with Crippen LogP contribution in [0.4, 0.5) is 5.69 Å². The third kappa shape index (κ3) is 4.56. The van der Waals surface area contributed by atoms with Crippen molar-refractivity contribution in [3.8, 4) is 17.2 Å². The van der Waals surface area contributed by atoms with Gasteiger partial charge in [-0.1, -0.05) is 42.2 Å². The van der Waals surface area contributed by atoms with E-state index in [-0.39, 0.29) is 18.4 Å². The van der Waals surface area contributed by atoms with Crippen molar-refractivity contribution >= 4 is 51.9 Å². The van der Waals surface area contributed by atoms with Crippen LogP contribution < -0.4 is 19.1 Å². The van der Waals surface area contributed by atoms with Gasteiger partial charge < -0.3 is 19.1 Å². The van der Waals surface area contributed by atoms with Crippen molar-refractivity contribution in [1.82, 2.24) is 4.90 Å². The molecule has 7 nitrogen and oxygen atoms in total. The van der Waals surface area contributed by atoms with Crippen LogP contribution in [0.1, 0.15) is 17.5 Å². The largest absolute Gasteiger partial charge is 0.493 e. The first kappa shape index (κ1) is 23.1. The predicted molar refractivity (Wildman–Crippen MR) is 133 cm³/mol. The normalized spacial score (nSPS) is 16.8. The predicted octanol–water partition coefficient (Wildman–Crippen LogP) is 3.89. The molecule has 0 atom stereocenters. The lowest BCUT2D eigenvalue weighted by Crippen LogP contribution is -2.44. The number of hydrogen-bond donors (Lipinski definition) is 0. The summed E-state index contributed by atoms with van der Waals surface area (Å²) >= 11 is 6.61. The van der Waals surface area contributed by atoms with Gasteiger partial charge in [0.25, 0.3) is 5.91 Å². The maximum atomic E-state index is 13.1. The van der Waals surface area contributed by atoms with Crippen LogP contribution in [-0.2, 0) is 16.0 Å². The number of rotatable bonds is 6. The first-order chi connectivity index (χ1) is 16.0. The molecule has 4 rings (SSSR count). The summed E-state index contributed by atoms with van der Waals surface area (Å²) in [5.41, 5.74) is 2.75. The van der Waals surface area contributed by atoms with Gasteiger partial charge in [-0.15, -0.1) is 0 Å². The molecule has 0 aromatic heterocycles. The van der Waals surface area contributed by atoms with Crippen LogP contribution in [-0.4, -0.2) is 55.5 Å². The molecular weight excluding hydrogens is 460 g/mol. The minimum Gasteiger partial charge on any atom is -0.493 e. The fraction of sp³-hybridized carbons (Fsp3) is 0.292. The zero-order valence-corrected chi connectivity index (χ0v) is 20.3. The Morgan fingerprint density at radius 3 is 2.48 bits per heavy atom. The summed E-state index contributed by atoms with van der Waals surface area (Å²) in [6.07, 6.45) is 3.55. The molecule has 33 heavy (non-hydrogen) atoms. The number of aryl methyl sites for hydroxylation is 1. The van der Waals surface area contributed by atoms with Gasteiger partial charge in [-0.3, -0.25) is 14.5 Å². The van der Waals surface area contributed by atoms with E-state index in [1.165, 1.54) is 38.0 Å². The number of carbonyl (C=O) groups is 2. The average molecular weight is 485 g/mol. The van der Waals surface area contributed by atoms with Gasteiger partial charge in [-0.25, -0.2) is 0 Å². The molecular formula is C24H24N2O5S2. The van der Waals surface area contributed by atoms with Crippen LogP contribution in [0.5, 0.6) is 17.2 Å². The summed E-state index contributed by atoms with van der Waals surface area (Å²) in [5.74, 6) is 0.997. The van der Waals surface area contributed by atoms with E-state index < -0.39 is 0 Å². The van der Waals surface area contributed by atoms with Crippen molar-refractivity contribution in [2.75, 3.05) is 39.3 Å². The SMILES string of the molecule is COc1cc(C=C2SC(=S)N(CC(=O)N3CCCc4ccccc43)C2=O)cc(OC)c1OC. The molecule has 2 aliphatic heterocycles. The molecule has 0 bridgehead atoms. The molecule has 2 aliphatic rings. The van der Waals surface area contributed by atoms with Gasteiger partial charge in [0.15, 0.2) is 11.5 Å². The standard InChI is InChI=1S/C24H24N2O5S2/c1-29-18-11-15(12-19(30-2)22(18)31-3)13-20-23(28)26(24(32)33-20)14-21(27)25-10-6-8-16-7-4-5-9-17(16)25/h4-5,7,9,11-13H,6,8,10,14H2,1-3H3. The van der Waals surface area contributed by atoms with Gasteiger partial charge >= 0.3 is 0 Å². The van der Waals surface area contributed by atoms with E-state index in [1.807, 2.05) is 24.3 Å². The van der Waals surface area contributed by atoms with Crippen molar-refractivity contribution in [2.24, 2.45) is 0 Å². The molecule has 9 heteroatoms. The molecule has 0 N–H and O–H groups in total. The lowest BCUT2D eigenvalue weighted by Gasteiger charge is -2.30. The fourth-order valence-corrected chi connectivity index (χ4v) is 5.24. The lowest BCUT2D eigenvalue weighted by molar-refractivity contribution is -0.127. The Hall–Kier alpha value is -3.04. The van der Waals surface area contributed by atoms with Crippen molar-refractivity contribution < 1.29 is 23.8 Å². The summed E-state index contributed by atoms with van der Waals surface area (Å²) in [6, 6.07) is 11.4.